The number of anilines is 1. The molecule has 4 rings (SSSR count). The number of carbonyl (C=O) groups is 2. The van der Waals surface area contributed by atoms with E-state index in [0.29, 0.717) is 12.2 Å². The van der Waals surface area contributed by atoms with Gasteiger partial charge in [0.15, 0.2) is 0 Å². The summed E-state index contributed by atoms with van der Waals surface area (Å²) >= 11 is 0. The number of amides is 2. The summed E-state index contributed by atoms with van der Waals surface area (Å²) in [6.07, 6.45) is 1.04. The first kappa shape index (κ1) is 21.4. The summed E-state index contributed by atoms with van der Waals surface area (Å²) in [7, 11) is 0. The molecule has 0 aliphatic carbocycles. The number of carbonyl (C=O) groups excluding carboxylic acids is 2. The van der Waals surface area contributed by atoms with Gasteiger partial charge in [-0.05, 0) is 39.3 Å². The van der Waals surface area contributed by atoms with Gasteiger partial charge in [-0.2, -0.15) is 8.78 Å². The first-order chi connectivity index (χ1) is 13.6. The number of piperazine rings is 1. The molecule has 2 amide bonds. The fraction of sp³-hybridized carbons (Fsp3) is 0.600. The third-order valence-corrected chi connectivity index (χ3v) is 4.97. The minimum atomic E-state index is -2.91. The van der Waals surface area contributed by atoms with Gasteiger partial charge in [-0.25, -0.2) is 0 Å². The number of hydrogen-bond donors (Lipinski definition) is 2. The summed E-state index contributed by atoms with van der Waals surface area (Å²) in [5, 5.41) is 5.70. The van der Waals surface area contributed by atoms with Gasteiger partial charge in [-0.1, -0.05) is 6.07 Å². The zero-order valence-corrected chi connectivity index (χ0v) is 17.0. The largest absolute Gasteiger partial charge is 0.435 e. The molecule has 1 aromatic rings. The van der Waals surface area contributed by atoms with Crippen molar-refractivity contribution in [2.45, 2.75) is 51.4 Å². The van der Waals surface area contributed by atoms with Gasteiger partial charge < -0.3 is 15.4 Å². The summed E-state index contributed by atoms with van der Waals surface area (Å²) in [5.41, 5.74) is 0.162. The van der Waals surface area contributed by atoms with Crippen molar-refractivity contribution in [3.63, 3.8) is 0 Å². The van der Waals surface area contributed by atoms with E-state index < -0.39 is 6.61 Å². The van der Waals surface area contributed by atoms with Gasteiger partial charge in [-0.15, -0.1) is 0 Å². The lowest BCUT2D eigenvalue weighted by molar-refractivity contribution is -0.134. The molecule has 2 atom stereocenters. The molecule has 160 valence electrons. The Morgan fingerprint density at radius 1 is 1.17 bits per heavy atom. The second-order valence-corrected chi connectivity index (χ2v) is 8.66. The number of fused-ring (bicyclic) bond motifs is 2. The normalized spacial score (nSPS) is 22.1. The number of benzene rings is 1. The smallest absolute Gasteiger partial charge is 0.387 e. The molecule has 3 aliphatic rings. The standard InChI is InChI=1S/C20H28F2N4O3/c1-20(2,3)24-18(28)12-26-14-8-15(26)10-25(9-14)11-17(27)23-13-5-4-6-16(7-13)29-19(21)22/h4-7,14-15,19H,8-12H2,1-3H3,(H,23,27)(H,24,28). The number of ether oxygens (including phenoxy) is 1. The average Bonchev–Trinajstić information content (AvgIpc) is 2.58. The molecule has 29 heavy (non-hydrogen) atoms. The van der Waals surface area contributed by atoms with Crippen LogP contribution in [-0.4, -0.2) is 72.0 Å². The summed E-state index contributed by atoms with van der Waals surface area (Å²) < 4.78 is 29.0. The van der Waals surface area contributed by atoms with Crippen LogP contribution in [0.3, 0.4) is 0 Å². The SMILES string of the molecule is CC(C)(C)NC(=O)CN1C2CC1CN(CC(=O)Nc1cccc(OC(F)F)c1)C2. The monoisotopic (exact) mass is 410 g/mol. The molecule has 0 radical (unpaired) electrons. The maximum absolute atomic E-state index is 12.3. The zero-order valence-electron chi connectivity index (χ0n) is 17.0. The Labute approximate surface area is 169 Å². The van der Waals surface area contributed by atoms with Crippen molar-refractivity contribution >= 4 is 17.5 Å². The topological polar surface area (TPSA) is 73.9 Å². The van der Waals surface area contributed by atoms with Crippen LogP contribution in [0.15, 0.2) is 24.3 Å². The van der Waals surface area contributed by atoms with E-state index in [0.717, 1.165) is 19.5 Å². The van der Waals surface area contributed by atoms with Crippen LogP contribution < -0.4 is 15.4 Å². The van der Waals surface area contributed by atoms with Gasteiger partial charge in [-0.3, -0.25) is 19.4 Å². The Morgan fingerprint density at radius 2 is 1.86 bits per heavy atom. The zero-order chi connectivity index (χ0) is 21.2. The number of alkyl halides is 2. The molecule has 0 aromatic heterocycles. The van der Waals surface area contributed by atoms with Crippen molar-refractivity contribution < 1.29 is 23.1 Å². The Hall–Kier alpha value is -2.26. The number of nitrogens with one attached hydrogen (secondary N) is 2. The van der Waals surface area contributed by atoms with Crippen LogP contribution in [0, 0.1) is 0 Å². The summed E-state index contributed by atoms with van der Waals surface area (Å²) in [6.45, 7) is 5.00. The quantitative estimate of drug-likeness (QED) is 0.718. The second-order valence-electron chi connectivity index (χ2n) is 8.66. The minimum Gasteiger partial charge on any atom is -0.435 e. The molecule has 3 aliphatic heterocycles. The van der Waals surface area contributed by atoms with Crippen molar-refractivity contribution in [2.75, 3.05) is 31.5 Å². The lowest BCUT2D eigenvalue weighted by Gasteiger charge is -2.56. The highest BCUT2D eigenvalue weighted by atomic mass is 19.3. The van der Waals surface area contributed by atoms with Gasteiger partial charge in [0.05, 0.1) is 13.1 Å². The molecule has 7 nitrogen and oxygen atoms in total. The van der Waals surface area contributed by atoms with E-state index in [1.165, 1.54) is 12.1 Å². The third-order valence-electron chi connectivity index (χ3n) is 4.97. The molecule has 3 heterocycles. The lowest BCUT2D eigenvalue weighted by atomic mass is 9.87. The first-order valence-electron chi connectivity index (χ1n) is 9.73. The van der Waals surface area contributed by atoms with Crippen LogP contribution in [0.5, 0.6) is 5.75 Å². The maximum atomic E-state index is 12.3. The fourth-order valence-corrected chi connectivity index (χ4v) is 3.94. The van der Waals surface area contributed by atoms with Gasteiger partial charge in [0.2, 0.25) is 11.8 Å². The van der Waals surface area contributed by atoms with Crippen LogP contribution in [0.4, 0.5) is 14.5 Å². The summed E-state index contributed by atoms with van der Waals surface area (Å²) in [5.74, 6) is -0.192. The number of halogens is 2. The van der Waals surface area contributed by atoms with E-state index in [2.05, 4.69) is 25.2 Å². The van der Waals surface area contributed by atoms with E-state index in [1.54, 1.807) is 12.1 Å². The van der Waals surface area contributed by atoms with Crippen molar-refractivity contribution in [2.24, 2.45) is 0 Å². The van der Waals surface area contributed by atoms with Crippen molar-refractivity contribution in [1.82, 2.24) is 15.1 Å². The van der Waals surface area contributed by atoms with E-state index in [4.69, 9.17) is 0 Å². The van der Waals surface area contributed by atoms with E-state index in [1.807, 2.05) is 20.8 Å². The molecule has 0 saturated carbocycles. The molecular weight excluding hydrogens is 382 g/mol. The number of piperidine rings is 1. The van der Waals surface area contributed by atoms with Crippen LogP contribution in [0.25, 0.3) is 0 Å². The van der Waals surface area contributed by atoms with E-state index >= 15 is 0 Å². The van der Waals surface area contributed by atoms with Gasteiger partial charge in [0.1, 0.15) is 5.75 Å². The van der Waals surface area contributed by atoms with Crippen LogP contribution in [0.2, 0.25) is 0 Å². The maximum Gasteiger partial charge on any atom is 0.387 e. The molecule has 1 aromatic carbocycles. The van der Waals surface area contributed by atoms with Gasteiger partial charge >= 0.3 is 6.61 Å². The minimum absolute atomic E-state index is 0.00110. The average molecular weight is 410 g/mol. The van der Waals surface area contributed by atoms with Crippen LogP contribution in [-0.2, 0) is 9.59 Å². The summed E-state index contributed by atoms with van der Waals surface area (Å²) in [6, 6.07) is 6.49. The molecule has 0 spiro atoms. The predicted octanol–water partition coefficient (Wildman–Crippen LogP) is 1.90. The van der Waals surface area contributed by atoms with E-state index in [9.17, 15) is 18.4 Å². The number of rotatable bonds is 7. The predicted molar refractivity (Wildman–Crippen MR) is 105 cm³/mol. The molecule has 9 heteroatoms. The molecule has 3 saturated heterocycles. The summed E-state index contributed by atoms with van der Waals surface area (Å²) in [4.78, 5) is 28.8. The first-order valence-corrected chi connectivity index (χ1v) is 9.73. The van der Waals surface area contributed by atoms with Crippen molar-refractivity contribution in [1.29, 1.82) is 0 Å². The Balaban J connectivity index is 1.45. The fourth-order valence-electron chi connectivity index (χ4n) is 3.94. The Morgan fingerprint density at radius 3 is 2.48 bits per heavy atom. The molecular formula is C20H28F2N4O3. The highest BCUT2D eigenvalue weighted by Gasteiger charge is 2.45. The van der Waals surface area contributed by atoms with Crippen LogP contribution >= 0.6 is 0 Å². The van der Waals surface area contributed by atoms with Gasteiger partial charge in [0.25, 0.3) is 0 Å². The van der Waals surface area contributed by atoms with Gasteiger partial charge in [0, 0.05) is 42.5 Å². The van der Waals surface area contributed by atoms with Crippen molar-refractivity contribution in [3.8, 4) is 5.75 Å². The van der Waals surface area contributed by atoms with E-state index in [-0.39, 0.29) is 41.7 Å². The Kier molecular flexibility index (Phi) is 6.38. The third kappa shape index (κ3) is 6.11. The van der Waals surface area contributed by atoms with Crippen molar-refractivity contribution in [3.05, 3.63) is 24.3 Å². The molecule has 2 bridgehead atoms. The molecule has 3 fully saturated rings. The number of hydrogen-bond acceptors (Lipinski definition) is 5. The molecule has 2 N–H and O–H groups in total. The molecule has 2 unspecified atom stereocenters. The lowest BCUT2D eigenvalue weighted by Crippen LogP contribution is -2.70. The van der Waals surface area contributed by atoms with Crippen LogP contribution in [0.1, 0.15) is 27.2 Å². The highest BCUT2D eigenvalue weighted by molar-refractivity contribution is 5.92. The number of nitrogens with zero attached hydrogens (tertiary/aromatic N) is 2. The Bertz CT molecular complexity index is 741. The second kappa shape index (κ2) is 8.62. The highest BCUT2D eigenvalue weighted by Crippen LogP contribution is 2.31.